The van der Waals surface area contributed by atoms with Gasteiger partial charge in [-0.05, 0) is 43.4 Å². The lowest BCUT2D eigenvalue weighted by Crippen LogP contribution is -2.46. The van der Waals surface area contributed by atoms with E-state index in [-0.39, 0.29) is 24.5 Å². The Hall–Kier alpha value is -2.57. The summed E-state index contributed by atoms with van der Waals surface area (Å²) in [6, 6.07) is 7.26. The summed E-state index contributed by atoms with van der Waals surface area (Å²) < 4.78 is 10.7. The first-order valence-corrected chi connectivity index (χ1v) is 11.4. The number of hydrogen-bond donors (Lipinski definition) is 1. The second kappa shape index (κ2) is 11.2. The van der Waals surface area contributed by atoms with Crippen LogP contribution >= 0.6 is 0 Å². The van der Waals surface area contributed by atoms with Crippen LogP contribution in [0.5, 0.6) is 5.75 Å². The number of unbranched alkanes of at least 4 members (excludes halogenated alkanes) is 1. The van der Waals surface area contributed by atoms with Crippen molar-refractivity contribution in [1.82, 2.24) is 10.2 Å². The minimum atomic E-state index is -0.498. The molecule has 1 aromatic rings. The van der Waals surface area contributed by atoms with Crippen molar-refractivity contribution in [1.29, 1.82) is 0 Å². The number of amides is 2. The molecule has 31 heavy (non-hydrogen) atoms. The highest BCUT2D eigenvalue weighted by atomic mass is 16.5. The summed E-state index contributed by atoms with van der Waals surface area (Å²) in [5, 5.41) is 2.94. The van der Waals surface area contributed by atoms with Gasteiger partial charge in [0.15, 0.2) is 6.61 Å². The van der Waals surface area contributed by atoms with Gasteiger partial charge in [-0.15, -0.1) is 0 Å². The zero-order chi connectivity index (χ0) is 22.2. The molecule has 0 aromatic heterocycles. The number of nitrogens with one attached hydrogen (secondary N) is 1. The molecule has 3 rings (SSSR count). The number of carbonyl (C=O) groups is 3. The molecule has 1 heterocycles. The molecule has 1 saturated heterocycles. The normalized spacial score (nSPS) is 21.7. The lowest BCUT2D eigenvalue weighted by atomic mass is 9.84. The second-order valence-electron chi connectivity index (χ2n) is 8.46. The summed E-state index contributed by atoms with van der Waals surface area (Å²) in [7, 11) is 1.60. The Balaban J connectivity index is 1.72. The van der Waals surface area contributed by atoms with Gasteiger partial charge >= 0.3 is 5.97 Å². The van der Waals surface area contributed by atoms with Gasteiger partial charge in [-0.3, -0.25) is 14.4 Å². The van der Waals surface area contributed by atoms with Gasteiger partial charge in [0.05, 0.1) is 19.1 Å². The third kappa shape index (κ3) is 5.99. The van der Waals surface area contributed by atoms with Crippen molar-refractivity contribution in [3.63, 3.8) is 0 Å². The first-order valence-electron chi connectivity index (χ1n) is 11.4. The molecule has 1 saturated carbocycles. The van der Waals surface area contributed by atoms with Crippen molar-refractivity contribution in [2.45, 2.75) is 70.4 Å². The monoisotopic (exact) mass is 430 g/mol. The smallest absolute Gasteiger partial charge is 0.311 e. The van der Waals surface area contributed by atoms with Crippen molar-refractivity contribution in [2.24, 2.45) is 5.92 Å². The summed E-state index contributed by atoms with van der Waals surface area (Å²) >= 11 is 0. The standard InChI is InChI=1S/C24H34N2O5/c1-3-4-15-26-22(28)14-13-20(23(26)17-9-11-19(30-2)12-10-17)24(29)31-16-21(27)25-18-7-5-6-8-18/h9-12,18,20,23H,3-8,13-16H2,1-2H3,(H,25,27)/t20-,23-/m0/s1. The minimum absolute atomic E-state index is 0.0531. The lowest BCUT2D eigenvalue weighted by molar-refractivity contribution is -0.160. The van der Waals surface area contributed by atoms with E-state index >= 15 is 0 Å². The molecular weight excluding hydrogens is 396 g/mol. The first-order chi connectivity index (χ1) is 15.0. The molecule has 0 radical (unpaired) electrons. The molecule has 1 aliphatic heterocycles. The summed E-state index contributed by atoms with van der Waals surface area (Å²) in [4.78, 5) is 39.7. The fourth-order valence-corrected chi connectivity index (χ4v) is 4.59. The Morgan fingerprint density at radius 2 is 1.84 bits per heavy atom. The maximum Gasteiger partial charge on any atom is 0.311 e. The van der Waals surface area contributed by atoms with Crippen LogP contribution in [0.2, 0.25) is 0 Å². The van der Waals surface area contributed by atoms with Crippen LogP contribution in [0.25, 0.3) is 0 Å². The fraction of sp³-hybridized carbons (Fsp3) is 0.625. The highest BCUT2D eigenvalue weighted by Gasteiger charge is 2.41. The zero-order valence-electron chi connectivity index (χ0n) is 18.6. The van der Waals surface area contributed by atoms with E-state index in [1.165, 1.54) is 0 Å². The Kier molecular flexibility index (Phi) is 8.32. The predicted octanol–water partition coefficient (Wildman–Crippen LogP) is 3.38. The molecule has 2 fully saturated rings. The number of hydrogen-bond acceptors (Lipinski definition) is 5. The number of benzene rings is 1. The van der Waals surface area contributed by atoms with Crippen LogP contribution in [0.3, 0.4) is 0 Å². The maximum absolute atomic E-state index is 13.0. The Morgan fingerprint density at radius 1 is 1.13 bits per heavy atom. The van der Waals surface area contributed by atoms with Gasteiger partial charge in [0.25, 0.3) is 5.91 Å². The summed E-state index contributed by atoms with van der Waals surface area (Å²) in [6.07, 6.45) is 6.76. The molecule has 1 aromatic carbocycles. The molecule has 0 spiro atoms. The number of piperidine rings is 1. The second-order valence-corrected chi connectivity index (χ2v) is 8.46. The predicted molar refractivity (Wildman–Crippen MR) is 116 cm³/mol. The van der Waals surface area contributed by atoms with Gasteiger partial charge in [0.2, 0.25) is 5.91 Å². The van der Waals surface area contributed by atoms with E-state index in [9.17, 15) is 14.4 Å². The van der Waals surface area contributed by atoms with Crippen LogP contribution in [-0.4, -0.2) is 49.0 Å². The van der Waals surface area contributed by atoms with Gasteiger partial charge in [0.1, 0.15) is 5.75 Å². The molecule has 7 heteroatoms. The van der Waals surface area contributed by atoms with Crippen LogP contribution in [-0.2, 0) is 19.1 Å². The van der Waals surface area contributed by atoms with Crippen LogP contribution < -0.4 is 10.1 Å². The Morgan fingerprint density at radius 3 is 2.48 bits per heavy atom. The summed E-state index contributed by atoms with van der Waals surface area (Å²) in [6.45, 7) is 2.40. The third-order valence-corrected chi connectivity index (χ3v) is 6.28. The van der Waals surface area contributed by atoms with Gasteiger partial charge in [-0.2, -0.15) is 0 Å². The van der Waals surface area contributed by atoms with Gasteiger partial charge in [-0.1, -0.05) is 38.3 Å². The summed E-state index contributed by atoms with van der Waals surface area (Å²) in [5.41, 5.74) is 0.877. The number of nitrogens with zero attached hydrogens (tertiary/aromatic N) is 1. The van der Waals surface area contributed by atoms with Gasteiger partial charge < -0.3 is 19.7 Å². The quantitative estimate of drug-likeness (QED) is 0.607. The van der Waals surface area contributed by atoms with E-state index in [2.05, 4.69) is 12.2 Å². The van der Waals surface area contributed by atoms with E-state index in [1.54, 1.807) is 12.0 Å². The minimum Gasteiger partial charge on any atom is -0.497 e. The van der Waals surface area contributed by atoms with E-state index in [0.717, 1.165) is 44.1 Å². The molecule has 2 aliphatic rings. The largest absolute Gasteiger partial charge is 0.497 e. The molecule has 1 N–H and O–H groups in total. The first kappa shape index (κ1) is 23.1. The SMILES string of the molecule is CCCCN1C(=O)CC[C@H](C(=O)OCC(=O)NC2CCCC2)[C@@H]1c1ccc(OC)cc1. The topological polar surface area (TPSA) is 84.9 Å². The van der Waals surface area contributed by atoms with Gasteiger partial charge in [0, 0.05) is 19.0 Å². The molecule has 2 atom stereocenters. The van der Waals surface area contributed by atoms with Crippen molar-refractivity contribution < 1.29 is 23.9 Å². The van der Waals surface area contributed by atoms with Crippen LogP contribution in [0.1, 0.15) is 69.9 Å². The maximum atomic E-state index is 13.0. The van der Waals surface area contributed by atoms with Crippen LogP contribution in [0, 0.1) is 5.92 Å². The molecule has 1 aliphatic carbocycles. The average Bonchev–Trinajstić information content (AvgIpc) is 3.29. The molecule has 2 amide bonds. The molecule has 0 unspecified atom stereocenters. The van der Waals surface area contributed by atoms with Crippen LogP contribution in [0.15, 0.2) is 24.3 Å². The number of methoxy groups -OCH3 is 1. The van der Waals surface area contributed by atoms with Crippen molar-refractivity contribution >= 4 is 17.8 Å². The third-order valence-electron chi connectivity index (χ3n) is 6.28. The van der Waals surface area contributed by atoms with Crippen molar-refractivity contribution in [3.05, 3.63) is 29.8 Å². The number of ether oxygens (including phenoxy) is 2. The summed E-state index contributed by atoms with van der Waals surface area (Å²) in [5.74, 6) is -0.402. The van der Waals surface area contributed by atoms with Crippen molar-refractivity contribution in [2.75, 3.05) is 20.3 Å². The molecule has 7 nitrogen and oxygen atoms in total. The molecular formula is C24H34N2O5. The van der Waals surface area contributed by atoms with E-state index in [4.69, 9.17) is 9.47 Å². The zero-order valence-corrected chi connectivity index (χ0v) is 18.6. The van der Waals surface area contributed by atoms with Crippen molar-refractivity contribution in [3.8, 4) is 5.75 Å². The fourth-order valence-electron chi connectivity index (χ4n) is 4.59. The Bertz CT molecular complexity index is 758. The van der Waals surface area contributed by atoms with E-state index < -0.39 is 17.9 Å². The van der Waals surface area contributed by atoms with Gasteiger partial charge in [-0.25, -0.2) is 0 Å². The highest BCUT2D eigenvalue weighted by molar-refractivity contribution is 5.84. The van der Waals surface area contributed by atoms with E-state index in [1.807, 2.05) is 24.3 Å². The number of rotatable bonds is 9. The molecule has 170 valence electrons. The number of esters is 1. The Labute approximate surface area is 184 Å². The highest BCUT2D eigenvalue weighted by Crippen LogP contribution is 2.38. The lowest BCUT2D eigenvalue weighted by Gasteiger charge is -2.40. The number of carbonyl (C=O) groups excluding carboxylic acids is 3. The average molecular weight is 431 g/mol. The van der Waals surface area contributed by atoms with E-state index in [0.29, 0.717) is 25.1 Å². The molecule has 0 bridgehead atoms. The van der Waals surface area contributed by atoms with Crippen LogP contribution in [0.4, 0.5) is 0 Å². The number of likely N-dealkylation sites (tertiary alicyclic amines) is 1.